The molecule has 0 aliphatic carbocycles. The van der Waals surface area contributed by atoms with Crippen LogP contribution in [0.25, 0.3) is 0 Å². The molecule has 180 valence electrons. The minimum Gasteiger partial charge on any atom is -0.394 e. The Kier molecular flexibility index (Phi) is 7.05. The molecule has 4 aliphatic heterocycles. The summed E-state index contributed by atoms with van der Waals surface area (Å²) in [7, 11) is 1.60. The smallest absolute Gasteiger partial charge is 0.244 e. The van der Waals surface area contributed by atoms with Crippen molar-refractivity contribution >= 4 is 29.5 Å². The molecule has 3 amide bonds. The highest BCUT2D eigenvalue weighted by molar-refractivity contribution is 8.02. The third-order valence-corrected chi connectivity index (χ3v) is 9.96. The van der Waals surface area contributed by atoms with Crippen molar-refractivity contribution in [2.45, 2.75) is 48.8 Å². The minimum atomic E-state index is -0.679. The summed E-state index contributed by atoms with van der Waals surface area (Å²) in [5, 5.41) is 15.9. The number of nitrogens with zero attached hydrogens (tertiary/aromatic N) is 2. The molecular weight excluding hydrogens is 432 g/mol. The average Bonchev–Trinajstić information content (AvgIpc) is 3.39. The van der Waals surface area contributed by atoms with Crippen LogP contribution in [0.4, 0.5) is 0 Å². The van der Waals surface area contributed by atoms with Gasteiger partial charge >= 0.3 is 0 Å². The lowest BCUT2D eigenvalue weighted by Crippen LogP contribution is -2.59. The number of hydrogen-bond donors (Lipinski definition) is 3. The molecule has 4 rings (SSSR count). The number of thioether (sulfide) groups is 1. The monoisotopic (exact) mass is 468 g/mol. The van der Waals surface area contributed by atoms with Gasteiger partial charge in [0.1, 0.15) is 6.04 Å². The predicted octanol–water partition coefficient (Wildman–Crippen LogP) is -0.711. The van der Waals surface area contributed by atoms with Crippen molar-refractivity contribution in [3.05, 3.63) is 0 Å². The summed E-state index contributed by atoms with van der Waals surface area (Å²) in [5.41, 5.74) is 0. The van der Waals surface area contributed by atoms with Gasteiger partial charge in [-0.3, -0.25) is 19.3 Å². The van der Waals surface area contributed by atoms with Crippen LogP contribution in [0.3, 0.4) is 0 Å². The van der Waals surface area contributed by atoms with Crippen LogP contribution >= 0.6 is 11.8 Å². The lowest BCUT2D eigenvalue weighted by Gasteiger charge is -2.40. The first kappa shape index (κ1) is 23.8. The summed E-state index contributed by atoms with van der Waals surface area (Å²) in [6, 6.07) is -1.11. The summed E-state index contributed by atoms with van der Waals surface area (Å²) in [5.74, 6) is -1.29. The molecule has 32 heavy (non-hydrogen) atoms. The lowest BCUT2D eigenvalue weighted by atomic mass is 9.66. The van der Waals surface area contributed by atoms with Crippen LogP contribution in [0.2, 0.25) is 0 Å². The molecule has 0 aromatic rings. The SMILES string of the molecule is CC[C@@H](CO)N1C(=O)[C@@H]2[C@@H](C(=O)NC)[C@H]3CC(C)C2(S3)C1C(=O)NCCN1CCOCC1. The summed E-state index contributed by atoms with van der Waals surface area (Å²) in [6.07, 6.45) is 1.36. The Morgan fingerprint density at radius 2 is 2.03 bits per heavy atom. The number of amides is 3. The summed E-state index contributed by atoms with van der Waals surface area (Å²) in [4.78, 5) is 44.1. The first-order valence-electron chi connectivity index (χ1n) is 11.8. The molecule has 0 aromatic heterocycles. The van der Waals surface area contributed by atoms with Crippen molar-refractivity contribution in [1.29, 1.82) is 0 Å². The van der Waals surface area contributed by atoms with E-state index in [9.17, 15) is 19.5 Å². The molecule has 4 heterocycles. The molecule has 4 aliphatic rings. The van der Waals surface area contributed by atoms with E-state index in [4.69, 9.17) is 4.74 Å². The van der Waals surface area contributed by atoms with Gasteiger partial charge in [-0.05, 0) is 18.8 Å². The number of carbonyl (C=O) groups is 3. The Morgan fingerprint density at radius 1 is 1.31 bits per heavy atom. The molecule has 7 atom stereocenters. The fourth-order valence-electron chi connectivity index (χ4n) is 6.29. The molecule has 0 radical (unpaired) electrons. The van der Waals surface area contributed by atoms with Crippen LogP contribution in [0, 0.1) is 17.8 Å². The second kappa shape index (κ2) is 9.48. The van der Waals surface area contributed by atoms with Crippen molar-refractivity contribution in [3.8, 4) is 0 Å². The number of fused-ring (bicyclic) bond motifs is 1. The Balaban J connectivity index is 1.60. The number of morpholine rings is 1. The van der Waals surface area contributed by atoms with E-state index in [1.165, 1.54) is 0 Å². The summed E-state index contributed by atoms with van der Waals surface area (Å²) < 4.78 is 4.75. The van der Waals surface area contributed by atoms with Crippen molar-refractivity contribution in [3.63, 3.8) is 0 Å². The highest BCUT2D eigenvalue weighted by Gasteiger charge is 2.76. The molecular formula is C22H36N4O5S. The first-order valence-corrected chi connectivity index (χ1v) is 12.7. The fourth-order valence-corrected chi connectivity index (χ4v) is 8.70. The third-order valence-electron chi connectivity index (χ3n) is 7.89. The van der Waals surface area contributed by atoms with Crippen LogP contribution in [-0.2, 0) is 19.1 Å². The summed E-state index contributed by atoms with van der Waals surface area (Å²) >= 11 is 1.66. The molecule has 1 spiro atoms. The minimum absolute atomic E-state index is 0.0407. The maximum Gasteiger partial charge on any atom is 0.244 e. The number of rotatable bonds is 8. The van der Waals surface area contributed by atoms with Gasteiger partial charge in [-0.1, -0.05) is 13.8 Å². The second-order valence-electron chi connectivity index (χ2n) is 9.40. The largest absolute Gasteiger partial charge is 0.394 e. The maximum absolute atomic E-state index is 13.8. The van der Waals surface area contributed by atoms with E-state index >= 15 is 0 Å². The highest BCUT2D eigenvalue weighted by Crippen LogP contribution is 2.68. The Bertz CT molecular complexity index is 744. The third kappa shape index (κ3) is 3.63. The predicted molar refractivity (Wildman–Crippen MR) is 121 cm³/mol. The number of carbonyl (C=O) groups excluding carboxylic acids is 3. The van der Waals surface area contributed by atoms with Gasteiger partial charge in [0.05, 0.1) is 42.4 Å². The number of likely N-dealkylation sites (tertiary alicyclic amines) is 1. The molecule has 2 bridgehead atoms. The van der Waals surface area contributed by atoms with Gasteiger partial charge in [-0.15, -0.1) is 11.8 Å². The van der Waals surface area contributed by atoms with Crippen LogP contribution in [0.5, 0.6) is 0 Å². The number of ether oxygens (including phenoxy) is 1. The number of hydrogen-bond acceptors (Lipinski definition) is 7. The lowest BCUT2D eigenvalue weighted by molar-refractivity contribution is -0.142. The van der Waals surface area contributed by atoms with E-state index < -0.39 is 28.7 Å². The fraction of sp³-hybridized carbons (Fsp3) is 0.864. The Morgan fingerprint density at radius 3 is 2.66 bits per heavy atom. The zero-order valence-electron chi connectivity index (χ0n) is 19.2. The van der Waals surface area contributed by atoms with E-state index in [-0.39, 0.29) is 35.5 Å². The topological polar surface area (TPSA) is 111 Å². The van der Waals surface area contributed by atoms with Crippen molar-refractivity contribution in [2.24, 2.45) is 17.8 Å². The Labute approximate surface area is 194 Å². The van der Waals surface area contributed by atoms with Gasteiger partial charge < -0.3 is 25.4 Å². The molecule has 3 unspecified atom stereocenters. The Hall–Kier alpha value is -1.36. The van der Waals surface area contributed by atoms with Crippen LogP contribution in [-0.4, -0.2) is 108 Å². The normalized spacial score (nSPS) is 37.4. The average molecular weight is 469 g/mol. The van der Waals surface area contributed by atoms with E-state index in [0.717, 1.165) is 26.1 Å². The number of aliphatic hydroxyl groups excluding tert-OH is 1. The first-order chi connectivity index (χ1) is 15.4. The van der Waals surface area contributed by atoms with Gasteiger partial charge in [0.2, 0.25) is 17.7 Å². The quantitative estimate of drug-likeness (QED) is 0.432. The molecule has 0 saturated carbocycles. The van der Waals surface area contributed by atoms with Gasteiger partial charge in [0.25, 0.3) is 0 Å². The van der Waals surface area contributed by atoms with Crippen molar-refractivity contribution < 1.29 is 24.2 Å². The van der Waals surface area contributed by atoms with Gasteiger partial charge in [0.15, 0.2) is 0 Å². The second-order valence-corrected chi connectivity index (χ2v) is 11.0. The number of aliphatic hydroxyl groups is 1. The number of nitrogens with one attached hydrogen (secondary N) is 2. The zero-order valence-corrected chi connectivity index (χ0v) is 20.0. The standard InChI is InChI=1S/C22H36N4O5S/c1-4-14(12-27)26-18(20(29)24-5-6-25-7-9-31-10-8-25)22-13(2)11-15(32-22)16(19(28)23-3)17(22)21(26)30/h13-18,27H,4-12H2,1-3H3,(H,23,28)(H,24,29)/t13?,14-,15+,16-,17-,18?,22?/m0/s1. The van der Waals surface area contributed by atoms with Gasteiger partial charge in [-0.2, -0.15) is 0 Å². The summed E-state index contributed by atoms with van der Waals surface area (Å²) in [6.45, 7) is 8.15. The highest BCUT2D eigenvalue weighted by atomic mass is 32.2. The van der Waals surface area contributed by atoms with Gasteiger partial charge in [0, 0.05) is 38.5 Å². The van der Waals surface area contributed by atoms with Crippen LogP contribution < -0.4 is 10.6 Å². The van der Waals surface area contributed by atoms with Gasteiger partial charge in [-0.25, -0.2) is 0 Å². The van der Waals surface area contributed by atoms with E-state index in [1.54, 1.807) is 23.7 Å². The molecule has 3 N–H and O–H groups in total. The van der Waals surface area contributed by atoms with E-state index in [0.29, 0.717) is 26.2 Å². The molecule has 4 saturated heterocycles. The van der Waals surface area contributed by atoms with Crippen LogP contribution in [0.1, 0.15) is 26.7 Å². The van der Waals surface area contributed by atoms with Crippen LogP contribution in [0.15, 0.2) is 0 Å². The maximum atomic E-state index is 13.8. The molecule has 0 aromatic carbocycles. The van der Waals surface area contributed by atoms with E-state index in [2.05, 4.69) is 22.5 Å². The zero-order chi connectivity index (χ0) is 23.0. The molecule has 9 nitrogen and oxygen atoms in total. The molecule has 10 heteroatoms. The van der Waals surface area contributed by atoms with Crippen molar-refractivity contribution in [2.75, 3.05) is 53.0 Å². The molecule has 4 fully saturated rings. The van der Waals surface area contributed by atoms with Crippen molar-refractivity contribution in [1.82, 2.24) is 20.4 Å². The van der Waals surface area contributed by atoms with E-state index in [1.807, 2.05) is 6.92 Å².